The van der Waals surface area contributed by atoms with Crippen molar-refractivity contribution >= 4 is 7.60 Å². The van der Waals surface area contributed by atoms with Gasteiger partial charge in [-0.3, -0.25) is 9.05 Å². The van der Waals surface area contributed by atoms with Crippen LogP contribution < -0.4 is 0 Å². The Morgan fingerprint density at radius 1 is 1.23 bits per heavy atom. The van der Waals surface area contributed by atoms with Crippen LogP contribution in [-0.2, 0) is 13.6 Å². The minimum atomic E-state index is -3.56. The molecule has 0 saturated heterocycles. The zero-order valence-corrected chi connectivity index (χ0v) is 9.08. The smallest absolute Gasteiger partial charge is 0.482 e. The van der Waals surface area contributed by atoms with Gasteiger partial charge in [-0.05, 0) is 27.7 Å². The van der Waals surface area contributed by atoms with Crippen LogP contribution in [0.3, 0.4) is 0 Å². The first-order valence-corrected chi connectivity index (χ1v) is 5.50. The predicted octanol–water partition coefficient (Wildman–Crippen LogP) is 2.82. The molecule has 0 radical (unpaired) electrons. The minimum absolute atomic E-state index is 0.307. The van der Waals surface area contributed by atoms with E-state index in [1.54, 1.807) is 33.5 Å². The Bertz CT molecular complexity index is 239. The van der Waals surface area contributed by atoms with Crippen LogP contribution >= 0.6 is 7.60 Å². The molecule has 0 aromatic heterocycles. The van der Waals surface area contributed by atoms with Gasteiger partial charge in [0.2, 0.25) is 0 Å². The third-order valence-corrected chi connectivity index (χ3v) is 2.59. The van der Waals surface area contributed by atoms with Crippen LogP contribution in [0.1, 0.15) is 27.7 Å². The molecular formula is C7H14NO4P. The Balaban J connectivity index is 4.51. The Morgan fingerprint density at radius 2 is 1.62 bits per heavy atom. The summed E-state index contributed by atoms with van der Waals surface area (Å²) in [7, 11) is -3.56. The summed E-state index contributed by atoms with van der Waals surface area (Å²) in [5.74, 6) is 1.80. The molecule has 0 unspecified atom stereocenters. The highest BCUT2D eigenvalue weighted by atomic mass is 31.2. The Hall–Kier alpha value is -0.560. The van der Waals surface area contributed by atoms with E-state index in [1.165, 1.54) is 0 Å². The van der Waals surface area contributed by atoms with Gasteiger partial charge in [-0.15, -0.1) is 0 Å². The van der Waals surface area contributed by atoms with Gasteiger partial charge in [-0.1, -0.05) is 0 Å². The Kier molecular flexibility index (Phi) is 5.01. The van der Waals surface area contributed by atoms with E-state index in [0.29, 0.717) is 0 Å². The third-order valence-electron chi connectivity index (χ3n) is 0.862. The van der Waals surface area contributed by atoms with Crippen molar-refractivity contribution in [3.05, 3.63) is 10.2 Å². The van der Waals surface area contributed by atoms with Gasteiger partial charge in [0, 0.05) is 5.01 Å². The second kappa shape index (κ2) is 5.23. The van der Waals surface area contributed by atoms with Gasteiger partial charge in [0.05, 0.1) is 12.2 Å². The molecule has 0 fully saturated rings. The fourth-order valence-corrected chi connectivity index (χ4v) is 2.03. The highest BCUT2D eigenvalue weighted by Gasteiger charge is 2.32. The van der Waals surface area contributed by atoms with E-state index in [-0.39, 0.29) is 12.2 Å². The molecule has 0 saturated carbocycles. The lowest BCUT2D eigenvalue weighted by Gasteiger charge is -2.13. The molecule has 0 aliphatic rings. The van der Waals surface area contributed by atoms with E-state index < -0.39 is 7.60 Å². The molecule has 76 valence electrons. The molecule has 0 aliphatic carbocycles. The van der Waals surface area contributed by atoms with Gasteiger partial charge >= 0.3 is 13.4 Å². The van der Waals surface area contributed by atoms with Crippen LogP contribution in [-0.4, -0.2) is 12.2 Å². The zero-order valence-electron chi connectivity index (χ0n) is 8.18. The first-order chi connectivity index (χ1) is 5.89. The van der Waals surface area contributed by atoms with Gasteiger partial charge < -0.3 is 5.21 Å². The SMILES string of the molecule is CC(C)OP(=O)(C#[N+][O-])OC(C)C. The molecule has 13 heavy (non-hydrogen) atoms. The number of rotatable bonds is 4. The maximum Gasteiger partial charge on any atom is 0.482 e. The summed E-state index contributed by atoms with van der Waals surface area (Å²) in [6, 6.07) is 0. The molecule has 0 spiro atoms. The van der Waals surface area contributed by atoms with E-state index in [9.17, 15) is 9.77 Å². The van der Waals surface area contributed by atoms with Crippen LogP contribution in [0.15, 0.2) is 0 Å². The van der Waals surface area contributed by atoms with Gasteiger partial charge in [0.25, 0.3) is 0 Å². The fourth-order valence-electron chi connectivity index (χ4n) is 0.677. The topological polar surface area (TPSA) is 63.0 Å². The van der Waals surface area contributed by atoms with E-state index in [0.717, 1.165) is 0 Å². The lowest BCUT2D eigenvalue weighted by atomic mass is 10.5. The van der Waals surface area contributed by atoms with Crippen molar-refractivity contribution in [2.24, 2.45) is 0 Å². The van der Waals surface area contributed by atoms with E-state index in [1.807, 2.05) is 0 Å². The van der Waals surface area contributed by atoms with Crippen molar-refractivity contribution in [1.29, 1.82) is 0 Å². The normalized spacial score (nSPS) is 11.5. The molecule has 0 rings (SSSR count). The molecule has 5 nitrogen and oxygen atoms in total. The lowest BCUT2D eigenvalue weighted by molar-refractivity contribution is 0.150. The summed E-state index contributed by atoms with van der Waals surface area (Å²) < 4.78 is 21.4. The summed E-state index contributed by atoms with van der Waals surface area (Å²) in [6.07, 6.45) is -0.613. The first-order valence-electron chi connectivity index (χ1n) is 3.96. The van der Waals surface area contributed by atoms with Gasteiger partial charge in [0.1, 0.15) is 0 Å². The van der Waals surface area contributed by atoms with Crippen molar-refractivity contribution in [3.63, 3.8) is 0 Å². The van der Waals surface area contributed by atoms with Crippen molar-refractivity contribution in [2.45, 2.75) is 39.9 Å². The minimum Gasteiger partial charge on any atom is -0.498 e. The van der Waals surface area contributed by atoms with Crippen LogP contribution in [0.25, 0.3) is 5.01 Å². The monoisotopic (exact) mass is 207 g/mol. The number of hydrogen-bond acceptors (Lipinski definition) is 4. The lowest BCUT2D eigenvalue weighted by Crippen LogP contribution is -2.06. The molecule has 0 bridgehead atoms. The predicted molar refractivity (Wildman–Crippen MR) is 50.7 cm³/mol. The molecule has 0 heterocycles. The largest absolute Gasteiger partial charge is 0.498 e. The van der Waals surface area contributed by atoms with E-state index in [4.69, 9.17) is 9.05 Å². The average Bonchev–Trinajstić information content (AvgIpc) is 1.81. The maximum atomic E-state index is 11.6. The summed E-state index contributed by atoms with van der Waals surface area (Å²) >= 11 is 0. The van der Waals surface area contributed by atoms with E-state index >= 15 is 0 Å². The highest BCUT2D eigenvalue weighted by Crippen LogP contribution is 2.49. The summed E-state index contributed by atoms with van der Waals surface area (Å²) in [5, 5.41) is 12.2. The fraction of sp³-hybridized carbons (Fsp3) is 0.857. The van der Waals surface area contributed by atoms with Crippen LogP contribution in [0, 0.1) is 11.0 Å². The zero-order chi connectivity index (χ0) is 10.5. The van der Waals surface area contributed by atoms with Crippen molar-refractivity contribution in [3.8, 4) is 5.81 Å². The quantitative estimate of drug-likeness (QED) is 0.525. The van der Waals surface area contributed by atoms with Crippen LogP contribution in [0.2, 0.25) is 0 Å². The summed E-state index contributed by atoms with van der Waals surface area (Å²) in [5.41, 5.74) is 0. The van der Waals surface area contributed by atoms with Crippen LogP contribution in [0.5, 0.6) is 0 Å². The van der Waals surface area contributed by atoms with E-state index in [2.05, 4.69) is 5.01 Å². The highest BCUT2D eigenvalue weighted by molar-refractivity contribution is 7.59. The second-order valence-electron chi connectivity index (χ2n) is 3.00. The molecular weight excluding hydrogens is 193 g/mol. The molecule has 0 aromatic rings. The summed E-state index contributed by atoms with van der Waals surface area (Å²) in [4.78, 5) is 0. The Morgan fingerprint density at radius 3 is 1.85 bits per heavy atom. The van der Waals surface area contributed by atoms with Gasteiger partial charge in [0.15, 0.2) is 0 Å². The third kappa shape index (κ3) is 5.64. The summed E-state index contributed by atoms with van der Waals surface area (Å²) in [6.45, 7) is 6.73. The first kappa shape index (κ1) is 12.4. The molecule has 0 atom stereocenters. The molecule has 0 aliphatic heterocycles. The van der Waals surface area contributed by atoms with Crippen molar-refractivity contribution < 1.29 is 13.6 Å². The number of nitrogens with zero attached hydrogens (tertiary/aromatic N) is 1. The van der Waals surface area contributed by atoms with Crippen LogP contribution in [0.4, 0.5) is 0 Å². The molecule has 0 aromatic carbocycles. The Labute approximate surface area is 78.0 Å². The van der Waals surface area contributed by atoms with Gasteiger partial charge in [-0.25, -0.2) is 4.57 Å². The molecule has 0 N–H and O–H groups in total. The molecule has 6 heteroatoms. The standard InChI is InChI=1S/C7H14NO4P/c1-6(2)11-13(10,5-8-9)12-7(3)4/h6-7H,1-4H3. The second-order valence-corrected chi connectivity index (χ2v) is 4.61. The number of hydrogen-bond donors (Lipinski definition) is 0. The average molecular weight is 207 g/mol. The maximum absolute atomic E-state index is 11.6. The molecule has 0 amide bonds. The van der Waals surface area contributed by atoms with Gasteiger partial charge in [-0.2, -0.15) is 0 Å². The van der Waals surface area contributed by atoms with Crippen molar-refractivity contribution in [1.82, 2.24) is 0 Å². The van der Waals surface area contributed by atoms with Crippen molar-refractivity contribution in [2.75, 3.05) is 0 Å².